The molecule has 0 spiro atoms. The van der Waals surface area contributed by atoms with E-state index in [0.717, 1.165) is 25.9 Å². The van der Waals surface area contributed by atoms with E-state index in [1.165, 1.54) is 6.42 Å². The molecule has 1 saturated heterocycles. The second-order valence-electron chi connectivity index (χ2n) is 5.69. The number of alkyl halides is 3. The molecule has 118 valence electrons. The van der Waals surface area contributed by atoms with Crippen molar-refractivity contribution in [1.29, 1.82) is 0 Å². The van der Waals surface area contributed by atoms with Gasteiger partial charge in [-0.15, -0.1) is 0 Å². The molecule has 0 bridgehead atoms. The third-order valence-corrected chi connectivity index (χ3v) is 3.91. The van der Waals surface area contributed by atoms with Crippen LogP contribution in [-0.2, 0) is 4.79 Å². The first-order valence-electron chi connectivity index (χ1n) is 7.04. The van der Waals surface area contributed by atoms with Crippen LogP contribution in [0.25, 0.3) is 0 Å². The van der Waals surface area contributed by atoms with E-state index >= 15 is 0 Å². The smallest absolute Gasteiger partial charge is 0.354 e. The van der Waals surface area contributed by atoms with E-state index in [0.29, 0.717) is 19.4 Å². The summed E-state index contributed by atoms with van der Waals surface area (Å²) in [4.78, 5) is 13.8. The van der Waals surface area contributed by atoms with Gasteiger partial charge in [0.2, 0.25) is 5.91 Å². The number of nitrogens with two attached hydrogens (primary N) is 1. The number of likely N-dealkylation sites (tertiary alicyclic amines) is 1. The number of hydrogen-bond acceptors (Lipinski definition) is 3. The SMILES string of the molecule is CC1CCCCN1CCCNC(=O)C(C)(N)C(F)(F)F. The molecule has 0 saturated carbocycles. The predicted molar refractivity (Wildman–Crippen MR) is 71.2 cm³/mol. The lowest BCUT2D eigenvalue weighted by Gasteiger charge is -2.33. The van der Waals surface area contributed by atoms with Crippen LogP contribution in [-0.4, -0.2) is 48.2 Å². The minimum absolute atomic E-state index is 0.213. The summed E-state index contributed by atoms with van der Waals surface area (Å²) in [6.07, 6.45) is -0.569. The van der Waals surface area contributed by atoms with Crippen molar-refractivity contribution in [3.63, 3.8) is 0 Å². The van der Waals surface area contributed by atoms with Crippen molar-refractivity contribution in [3.05, 3.63) is 0 Å². The molecule has 2 unspecified atom stereocenters. The van der Waals surface area contributed by atoms with Crippen LogP contribution in [0.4, 0.5) is 13.2 Å². The highest BCUT2D eigenvalue weighted by Gasteiger charge is 2.53. The van der Waals surface area contributed by atoms with E-state index in [-0.39, 0.29) is 6.54 Å². The zero-order valence-corrected chi connectivity index (χ0v) is 12.1. The molecule has 1 aliphatic heterocycles. The van der Waals surface area contributed by atoms with Crippen molar-refractivity contribution in [2.45, 2.75) is 57.3 Å². The van der Waals surface area contributed by atoms with Gasteiger partial charge in [-0.25, -0.2) is 0 Å². The molecule has 2 atom stereocenters. The number of hydrogen-bond donors (Lipinski definition) is 2. The van der Waals surface area contributed by atoms with Crippen molar-refractivity contribution >= 4 is 5.91 Å². The summed E-state index contributed by atoms with van der Waals surface area (Å²) in [7, 11) is 0. The molecule has 0 aromatic heterocycles. The maximum absolute atomic E-state index is 12.5. The number of piperidine rings is 1. The lowest BCUT2D eigenvalue weighted by atomic mass is 10.0. The fraction of sp³-hybridized carbons (Fsp3) is 0.923. The van der Waals surface area contributed by atoms with E-state index in [2.05, 4.69) is 17.1 Å². The van der Waals surface area contributed by atoms with E-state index in [1.54, 1.807) is 0 Å². The number of rotatable bonds is 5. The summed E-state index contributed by atoms with van der Waals surface area (Å²) in [5.41, 5.74) is 2.21. The van der Waals surface area contributed by atoms with Gasteiger partial charge in [-0.05, 0) is 39.7 Å². The summed E-state index contributed by atoms with van der Waals surface area (Å²) in [5, 5.41) is 2.27. The standard InChI is InChI=1S/C13H24F3N3O/c1-10-6-3-4-8-19(10)9-5-7-18-11(20)12(2,17)13(14,15)16/h10H,3-9,17H2,1-2H3,(H,18,20). The van der Waals surface area contributed by atoms with Crippen LogP contribution in [0, 0.1) is 0 Å². The molecule has 20 heavy (non-hydrogen) atoms. The highest BCUT2D eigenvalue weighted by atomic mass is 19.4. The number of carbonyl (C=O) groups is 1. The van der Waals surface area contributed by atoms with E-state index in [4.69, 9.17) is 5.73 Å². The molecule has 0 aliphatic carbocycles. The Labute approximate surface area is 117 Å². The molecule has 0 aromatic carbocycles. The molecular formula is C13H24F3N3O. The van der Waals surface area contributed by atoms with E-state index in [9.17, 15) is 18.0 Å². The molecule has 1 rings (SSSR count). The lowest BCUT2D eigenvalue weighted by molar-refractivity contribution is -0.187. The summed E-state index contributed by atoms with van der Waals surface area (Å²) < 4.78 is 37.6. The van der Waals surface area contributed by atoms with Crippen LogP contribution in [0.3, 0.4) is 0 Å². The topological polar surface area (TPSA) is 58.4 Å². The number of nitrogens with zero attached hydrogens (tertiary/aromatic N) is 1. The molecule has 3 N–H and O–H groups in total. The highest BCUT2D eigenvalue weighted by molar-refractivity contribution is 5.86. The summed E-state index contributed by atoms with van der Waals surface area (Å²) in [6, 6.07) is 0.509. The lowest BCUT2D eigenvalue weighted by Crippen LogP contribution is -2.61. The van der Waals surface area contributed by atoms with Gasteiger partial charge < -0.3 is 16.0 Å². The molecule has 1 amide bonds. The number of carbonyl (C=O) groups excluding carboxylic acids is 1. The third kappa shape index (κ3) is 4.34. The Kier molecular flexibility index (Phi) is 5.82. The maximum atomic E-state index is 12.5. The summed E-state index contributed by atoms with van der Waals surface area (Å²) in [5.74, 6) is -1.17. The Hall–Kier alpha value is -0.820. The number of nitrogens with one attached hydrogen (secondary N) is 1. The second kappa shape index (κ2) is 6.76. The summed E-state index contributed by atoms with van der Waals surface area (Å²) >= 11 is 0. The molecule has 0 radical (unpaired) electrons. The average Bonchev–Trinajstić information content (AvgIpc) is 2.34. The molecule has 1 fully saturated rings. The van der Waals surface area contributed by atoms with Gasteiger partial charge in [0.1, 0.15) is 0 Å². The Bertz CT molecular complexity index is 331. The Balaban J connectivity index is 2.29. The van der Waals surface area contributed by atoms with Gasteiger partial charge in [-0.3, -0.25) is 4.79 Å². The van der Waals surface area contributed by atoms with Gasteiger partial charge in [0, 0.05) is 19.1 Å². The zero-order valence-electron chi connectivity index (χ0n) is 12.1. The number of amides is 1. The van der Waals surface area contributed by atoms with Gasteiger partial charge in [-0.1, -0.05) is 6.42 Å². The molecule has 1 heterocycles. The number of halogens is 3. The largest absolute Gasteiger partial charge is 0.415 e. The Morgan fingerprint density at radius 3 is 2.60 bits per heavy atom. The van der Waals surface area contributed by atoms with Crippen LogP contribution in [0.15, 0.2) is 0 Å². The highest BCUT2D eigenvalue weighted by Crippen LogP contribution is 2.27. The normalized spacial score (nSPS) is 24.2. The van der Waals surface area contributed by atoms with Gasteiger partial charge in [0.15, 0.2) is 5.54 Å². The second-order valence-corrected chi connectivity index (χ2v) is 5.69. The first-order chi connectivity index (χ1) is 9.16. The van der Waals surface area contributed by atoms with Crippen LogP contribution >= 0.6 is 0 Å². The van der Waals surface area contributed by atoms with Crippen LogP contribution in [0.5, 0.6) is 0 Å². The molecule has 7 heteroatoms. The maximum Gasteiger partial charge on any atom is 0.415 e. The quantitative estimate of drug-likeness (QED) is 0.758. The van der Waals surface area contributed by atoms with E-state index in [1.807, 2.05) is 0 Å². The molecule has 4 nitrogen and oxygen atoms in total. The van der Waals surface area contributed by atoms with Crippen molar-refractivity contribution < 1.29 is 18.0 Å². The summed E-state index contributed by atoms with van der Waals surface area (Å²) in [6.45, 7) is 4.86. The Morgan fingerprint density at radius 1 is 1.40 bits per heavy atom. The first-order valence-corrected chi connectivity index (χ1v) is 7.04. The van der Waals surface area contributed by atoms with Crippen molar-refractivity contribution in [2.75, 3.05) is 19.6 Å². The van der Waals surface area contributed by atoms with Crippen LogP contribution < -0.4 is 11.1 Å². The van der Waals surface area contributed by atoms with E-state index < -0.39 is 17.6 Å². The van der Waals surface area contributed by atoms with Crippen molar-refractivity contribution in [2.24, 2.45) is 5.73 Å². The van der Waals surface area contributed by atoms with Gasteiger partial charge in [0.05, 0.1) is 0 Å². The molecule has 0 aromatic rings. The molecular weight excluding hydrogens is 271 g/mol. The zero-order chi connectivity index (χ0) is 15.4. The monoisotopic (exact) mass is 295 g/mol. The predicted octanol–water partition coefficient (Wildman–Crippen LogP) is 1.65. The van der Waals surface area contributed by atoms with Gasteiger partial charge in [-0.2, -0.15) is 13.2 Å². The van der Waals surface area contributed by atoms with Crippen molar-refractivity contribution in [3.8, 4) is 0 Å². The average molecular weight is 295 g/mol. The van der Waals surface area contributed by atoms with Crippen molar-refractivity contribution in [1.82, 2.24) is 10.2 Å². The Morgan fingerprint density at radius 2 is 2.05 bits per heavy atom. The molecule has 1 aliphatic rings. The van der Waals surface area contributed by atoms with Gasteiger partial charge >= 0.3 is 6.18 Å². The third-order valence-electron chi connectivity index (χ3n) is 3.91. The first kappa shape index (κ1) is 17.2. The minimum Gasteiger partial charge on any atom is -0.354 e. The fourth-order valence-corrected chi connectivity index (χ4v) is 2.29. The minimum atomic E-state index is -4.74. The fourth-order valence-electron chi connectivity index (χ4n) is 2.29. The van der Waals surface area contributed by atoms with Gasteiger partial charge in [0.25, 0.3) is 0 Å². The van der Waals surface area contributed by atoms with Crippen LogP contribution in [0.1, 0.15) is 39.5 Å². The van der Waals surface area contributed by atoms with Crippen LogP contribution in [0.2, 0.25) is 0 Å².